The van der Waals surface area contributed by atoms with Crippen molar-refractivity contribution in [2.24, 2.45) is 0 Å². The first-order valence-corrected chi connectivity index (χ1v) is 4.59. The van der Waals surface area contributed by atoms with E-state index in [0.29, 0.717) is 18.7 Å². The molecule has 0 aliphatic heterocycles. The van der Waals surface area contributed by atoms with Crippen LogP contribution in [0.4, 0.5) is 0 Å². The van der Waals surface area contributed by atoms with Gasteiger partial charge in [0.1, 0.15) is 0 Å². The Labute approximate surface area is 84.1 Å². The number of hydrogen-bond donors (Lipinski definition) is 0. The summed E-state index contributed by atoms with van der Waals surface area (Å²) in [6.45, 7) is 6.83. The minimum absolute atomic E-state index is 0.0230. The third-order valence-corrected chi connectivity index (χ3v) is 1.95. The standard InChI is InChI=1S/C11H14N2O/c1-3-9-13(4-2)11(14)10-5-7-12-8-6-10/h3,5-8H,1,4,9H2,2H3. The molecule has 1 heterocycles. The zero-order valence-corrected chi connectivity index (χ0v) is 8.31. The third kappa shape index (κ3) is 2.42. The van der Waals surface area contributed by atoms with Crippen molar-refractivity contribution >= 4 is 5.91 Å². The number of nitrogens with zero attached hydrogens (tertiary/aromatic N) is 2. The van der Waals surface area contributed by atoms with Gasteiger partial charge in [-0.15, -0.1) is 6.58 Å². The molecular formula is C11H14N2O. The van der Waals surface area contributed by atoms with Crippen molar-refractivity contribution in [1.82, 2.24) is 9.88 Å². The van der Waals surface area contributed by atoms with Gasteiger partial charge in [0.05, 0.1) is 0 Å². The van der Waals surface area contributed by atoms with E-state index in [4.69, 9.17) is 0 Å². The second-order valence-corrected chi connectivity index (χ2v) is 2.87. The summed E-state index contributed by atoms with van der Waals surface area (Å²) in [5.74, 6) is 0.0230. The van der Waals surface area contributed by atoms with E-state index in [2.05, 4.69) is 11.6 Å². The Morgan fingerprint density at radius 2 is 2.21 bits per heavy atom. The van der Waals surface area contributed by atoms with Crippen LogP contribution in [-0.2, 0) is 0 Å². The molecule has 0 unspecified atom stereocenters. The number of likely N-dealkylation sites (N-methyl/N-ethyl adjacent to an activating group) is 1. The summed E-state index contributed by atoms with van der Waals surface area (Å²) in [7, 11) is 0. The van der Waals surface area contributed by atoms with Crippen LogP contribution in [0.25, 0.3) is 0 Å². The van der Waals surface area contributed by atoms with Gasteiger partial charge in [0.2, 0.25) is 0 Å². The van der Waals surface area contributed by atoms with E-state index in [1.54, 1.807) is 35.5 Å². The number of hydrogen-bond acceptors (Lipinski definition) is 2. The molecule has 0 saturated heterocycles. The monoisotopic (exact) mass is 190 g/mol. The van der Waals surface area contributed by atoms with Gasteiger partial charge in [-0.25, -0.2) is 0 Å². The molecule has 0 fully saturated rings. The van der Waals surface area contributed by atoms with Crippen molar-refractivity contribution in [3.8, 4) is 0 Å². The van der Waals surface area contributed by atoms with Crippen molar-refractivity contribution in [2.45, 2.75) is 6.92 Å². The molecule has 14 heavy (non-hydrogen) atoms. The van der Waals surface area contributed by atoms with Crippen LogP contribution in [0.1, 0.15) is 17.3 Å². The molecule has 0 aliphatic rings. The van der Waals surface area contributed by atoms with Crippen molar-refractivity contribution < 1.29 is 4.79 Å². The van der Waals surface area contributed by atoms with E-state index in [1.807, 2.05) is 6.92 Å². The summed E-state index contributed by atoms with van der Waals surface area (Å²) in [4.78, 5) is 17.4. The maximum Gasteiger partial charge on any atom is 0.254 e. The molecule has 0 radical (unpaired) electrons. The molecular weight excluding hydrogens is 176 g/mol. The summed E-state index contributed by atoms with van der Waals surface area (Å²) < 4.78 is 0. The average Bonchev–Trinajstić information content (AvgIpc) is 2.26. The summed E-state index contributed by atoms with van der Waals surface area (Å²) in [5, 5.41) is 0. The predicted molar refractivity (Wildman–Crippen MR) is 56.0 cm³/mol. The summed E-state index contributed by atoms with van der Waals surface area (Å²) in [5.41, 5.74) is 0.670. The lowest BCUT2D eigenvalue weighted by Gasteiger charge is -2.18. The Morgan fingerprint density at radius 3 is 2.71 bits per heavy atom. The highest BCUT2D eigenvalue weighted by atomic mass is 16.2. The van der Waals surface area contributed by atoms with E-state index in [-0.39, 0.29) is 5.91 Å². The van der Waals surface area contributed by atoms with Crippen LogP contribution in [0, 0.1) is 0 Å². The number of carbonyl (C=O) groups excluding carboxylic acids is 1. The fourth-order valence-electron chi connectivity index (χ4n) is 1.19. The molecule has 1 aromatic heterocycles. The number of amides is 1. The van der Waals surface area contributed by atoms with Gasteiger partial charge in [0.25, 0.3) is 5.91 Å². The molecule has 74 valence electrons. The van der Waals surface area contributed by atoms with Crippen LogP contribution in [0.5, 0.6) is 0 Å². The molecule has 0 spiro atoms. The molecule has 3 heteroatoms. The third-order valence-electron chi connectivity index (χ3n) is 1.95. The lowest BCUT2D eigenvalue weighted by molar-refractivity contribution is 0.0782. The number of rotatable bonds is 4. The van der Waals surface area contributed by atoms with Crippen LogP contribution >= 0.6 is 0 Å². The van der Waals surface area contributed by atoms with Crippen molar-refractivity contribution in [1.29, 1.82) is 0 Å². The molecule has 0 aliphatic carbocycles. The average molecular weight is 190 g/mol. The van der Waals surface area contributed by atoms with E-state index in [1.165, 1.54) is 0 Å². The highest BCUT2D eigenvalue weighted by Crippen LogP contribution is 2.02. The van der Waals surface area contributed by atoms with Gasteiger partial charge >= 0.3 is 0 Å². The Hall–Kier alpha value is -1.64. The van der Waals surface area contributed by atoms with Gasteiger partial charge in [-0.1, -0.05) is 6.08 Å². The minimum atomic E-state index is 0.0230. The maximum atomic E-state index is 11.8. The maximum absolute atomic E-state index is 11.8. The first-order valence-electron chi connectivity index (χ1n) is 4.59. The quantitative estimate of drug-likeness (QED) is 0.677. The van der Waals surface area contributed by atoms with Crippen LogP contribution in [0.15, 0.2) is 37.2 Å². The molecule has 0 bridgehead atoms. The van der Waals surface area contributed by atoms with Crippen molar-refractivity contribution in [3.05, 3.63) is 42.7 Å². The largest absolute Gasteiger partial charge is 0.335 e. The lowest BCUT2D eigenvalue weighted by Crippen LogP contribution is -2.30. The second kappa shape index (κ2) is 5.17. The Balaban J connectivity index is 2.78. The second-order valence-electron chi connectivity index (χ2n) is 2.87. The number of aromatic nitrogens is 1. The van der Waals surface area contributed by atoms with Crippen LogP contribution < -0.4 is 0 Å². The van der Waals surface area contributed by atoms with Gasteiger partial charge in [0, 0.05) is 31.0 Å². The molecule has 3 nitrogen and oxygen atoms in total. The van der Waals surface area contributed by atoms with Gasteiger partial charge in [-0.2, -0.15) is 0 Å². The fourth-order valence-corrected chi connectivity index (χ4v) is 1.19. The van der Waals surface area contributed by atoms with Gasteiger partial charge in [-0.05, 0) is 19.1 Å². The van der Waals surface area contributed by atoms with E-state index < -0.39 is 0 Å². The Morgan fingerprint density at radius 1 is 1.57 bits per heavy atom. The Kier molecular flexibility index (Phi) is 3.85. The SMILES string of the molecule is C=CCN(CC)C(=O)c1ccncc1. The smallest absolute Gasteiger partial charge is 0.254 e. The van der Waals surface area contributed by atoms with E-state index in [9.17, 15) is 4.79 Å². The highest BCUT2D eigenvalue weighted by molar-refractivity contribution is 5.94. The molecule has 0 saturated carbocycles. The minimum Gasteiger partial charge on any atom is -0.335 e. The summed E-state index contributed by atoms with van der Waals surface area (Å²) >= 11 is 0. The summed E-state index contributed by atoms with van der Waals surface area (Å²) in [6.07, 6.45) is 4.96. The molecule has 1 rings (SSSR count). The zero-order valence-electron chi connectivity index (χ0n) is 8.31. The number of carbonyl (C=O) groups is 1. The van der Waals surface area contributed by atoms with E-state index >= 15 is 0 Å². The highest BCUT2D eigenvalue weighted by Gasteiger charge is 2.11. The van der Waals surface area contributed by atoms with Crippen LogP contribution in [0.2, 0.25) is 0 Å². The fraction of sp³-hybridized carbons (Fsp3) is 0.273. The molecule has 0 atom stereocenters. The first kappa shape index (κ1) is 10.4. The van der Waals surface area contributed by atoms with Gasteiger partial charge in [-0.3, -0.25) is 9.78 Å². The van der Waals surface area contributed by atoms with Gasteiger partial charge < -0.3 is 4.90 Å². The first-order chi connectivity index (χ1) is 6.79. The Bertz CT molecular complexity index is 308. The molecule has 1 amide bonds. The van der Waals surface area contributed by atoms with Crippen LogP contribution in [0.3, 0.4) is 0 Å². The normalized spacial score (nSPS) is 9.50. The molecule has 0 N–H and O–H groups in total. The summed E-state index contributed by atoms with van der Waals surface area (Å²) in [6, 6.07) is 3.43. The zero-order chi connectivity index (χ0) is 10.4. The molecule has 0 aromatic carbocycles. The van der Waals surface area contributed by atoms with Crippen LogP contribution in [-0.4, -0.2) is 28.9 Å². The topological polar surface area (TPSA) is 33.2 Å². The number of pyridine rings is 1. The van der Waals surface area contributed by atoms with Crippen molar-refractivity contribution in [3.63, 3.8) is 0 Å². The van der Waals surface area contributed by atoms with Crippen molar-refractivity contribution in [2.75, 3.05) is 13.1 Å². The molecule has 1 aromatic rings. The predicted octanol–water partition coefficient (Wildman–Crippen LogP) is 1.73. The van der Waals surface area contributed by atoms with E-state index in [0.717, 1.165) is 0 Å². The lowest BCUT2D eigenvalue weighted by atomic mass is 10.2. The van der Waals surface area contributed by atoms with Gasteiger partial charge in [0.15, 0.2) is 0 Å².